The van der Waals surface area contributed by atoms with Crippen molar-refractivity contribution in [2.75, 3.05) is 20.3 Å². The van der Waals surface area contributed by atoms with Crippen LogP contribution in [0.25, 0.3) is 0 Å². The summed E-state index contributed by atoms with van der Waals surface area (Å²) in [7, 11) is 1.58. The second-order valence-electron chi connectivity index (χ2n) is 2.12. The van der Waals surface area contributed by atoms with E-state index >= 15 is 0 Å². The van der Waals surface area contributed by atoms with Gasteiger partial charge in [-0.3, -0.25) is 9.63 Å². The summed E-state index contributed by atoms with van der Waals surface area (Å²) in [6.45, 7) is 2.83. The van der Waals surface area contributed by atoms with Crippen LogP contribution in [-0.2, 0) is 14.4 Å². The van der Waals surface area contributed by atoms with Gasteiger partial charge >= 0.3 is 0 Å². The van der Waals surface area contributed by atoms with Crippen molar-refractivity contribution in [1.82, 2.24) is 5.48 Å². The van der Waals surface area contributed by atoms with Crippen LogP contribution in [0.3, 0.4) is 0 Å². The summed E-state index contributed by atoms with van der Waals surface area (Å²) in [4.78, 5) is 15.5. The Bertz CT molecular complexity index is 106. The van der Waals surface area contributed by atoms with Crippen LogP contribution in [-0.4, -0.2) is 26.2 Å². The molecule has 0 spiro atoms. The number of hydroxylamine groups is 1. The van der Waals surface area contributed by atoms with Gasteiger partial charge in [0.15, 0.2) is 0 Å². The van der Waals surface area contributed by atoms with Gasteiger partial charge in [0.25, 0.3) is 0 Å². The minimum absolute atomic E-state index is 0.0800. The highest BCUT2D eigenvalue weighted by atomic mass is 16.7. The van der Waals surface area contributed by atoms with Crippen molar-refractivity contribution < 1.29 is 14.4 Å². The Hall–Kier alpha value is -0.610. The van der Waals surface area contributed by atoms with E-state index in [-0.39, 0.29) is 5.91 Å². The lowest BCUT2D eigenvalue weighted by Gasteiger charge is -2.03. The molecule has 66 valence electrons. The van der Waals surface area contributed by atoms with Gasteiger partial charge in [0, 0.05) is 13.5 Å². The number of carbonyl (C=O) groups excluding carboxylic acids is 1. The summed E-state index contributed by atoms with van der Waals surface area (Å²) in [6, 6.07) is 0. The monoisotopic (exact) mass is 161 g/mol. The van der Waals surface area contributed by atoms with Crippen LogP contribution in [0.2, 0.25) is 0 Å². The molecule has 1 N–H and O–H groups in total. The van der Waals surface area contributed by atoms with E-state index in [0.717, 1.165) is 6.42 Å². The van der Waals surface area contributed by atoms with Crippen LogP contribution in [0.5, 0.6) is 0 Å². The Kier molecular flexibility index (Phi) is 7.08. The minimum atomic E-state index is -0.0800. The topological polar surface area (TPSA) is 47.6 Å². The number of methoxy groups -OCH3 is 1. The molecule has 0 radical (unpaired) electrons. The molecular formula is C7H15NO3. The lowest BCUT2D eigenvalue weighted by molar-refractivity contribution is -0.134. The van der Waals surface area contributed by atoms with Gasteiger partial charge in [-0.1, -0.05) is 6.92 Å². The Labute approximate surface area is 66.8 Å². The first-order valence-electron chi connectivity index (χ1n) is 3.70. The van der Waals surface area contributed by atoms with Crippen LogP contribution in [0.4, 0.5) is 0 Å². The molecule has 0 aromatic rings. The molecule has 11 heavy (non-hydrogen) atoms. The normalized spacial score (nSPS) is 9.64. The van der Waals surface area contributed by atoms with E-state index in [0.29, 0.717) is 19.6 Å². The molecule has 0 atom stereocenters. The Morgan fingerprint density at radius 3 is 2.73 bits per heavy atom. The smallest absolute Gasteiger partial charge is 0.243 e. The zero-order valence-corrected chi connectivity index (χ0v) is 7.05. The van der Waals surface area contributed by atoms with E-state index in [1.165, 1.54) is 0 Å². The number of ether oxygens (including phenoxy) is 1. The van der Waals surface area contributed by atoms with Gasteiger partial charge in [-0.05, 0) is 6.42 Å². The van der Waals surface area contributed by atoms with Crippen LogP contribution in [0.1, 0.15) is 19.8 Å². The number of carbonyl (C=O) groups is 1. The van der Waals surface area contributed by atoms with Gasteiger partial charge < -0.3 is 4.74 Å². The van der Waals surface area contributed by atoms with Crippen molar-refractivity contribution >= 4 is 5.91 Å². The highest BCUT2D eigenvalue weighted by Crippen LogP contribution is 1.84. The maximum absolute atomic E-state index is 10.7. The van der Waals surface area contributed by atoms with Crippen molar-refractivity contribution in [3.05, 3.63) is 0 Å². The van der Waals surface area contributed by atoms with Crippen LogP contribution < -0.4 is 5.48 Å². The van der Waals surface area contributed by atoms with Crippen molar-refractivity contribution in [1.29, 1.82) is 0 Å². The lowest BCUT2D eigenvalue weighted by atomic mass is 10.3. The molecule has 1 amide bonds. The number of hydrogen-bond acceptors (Lipinski definition) is 3. The lowest BCUT2D eigenvalue weighted by Crippen LogP contribution is -2.24. The highest BCUT2D eigenvalue weighted by molar-refractivity contribution is 5.74. The Balaban J connectivity index is 3.04. The van der Waals surface area contributed by atoms with Gasteiger partial charge in [-0.2, -0.15) is 0 Å². The summed E-state index contributed by atoms with van der Waals surface area (Å²) in [5.41, 5.74) is 2.30. The van der Waals surface area contributed by atoms with Crippen LogP contribution in [0, 0.1) is 0 Å². The summed E-state index contributed by atoms with van der Waals surface area (Å²) in [5.74, 6) is -0.0800. The van der Waals surface area contributed by atoms with Crippen molar-refractivity contribution in [3.63, 3.8) is 0 Å². The standard InChI is InChI=1S/C7H15NO3/c1-3-4-7(9)8-11-6-5-10-2/h3-6H2,1-2H3,(H,8,9). The van der Waals surface area contributed by atoms with Gasteiger partial charge in [0.05, 0.1) is 13.2 Å². The zero-order chi connectivity index (χ0) is 8.53. The fourth-order valence-corrected chi connectivity index (χ4v) is 0.535. The number of amides is 1. The molecule has 0 aromatic carbocycles. The average molecular weight is 161 g/mol. The molecule has 0 bridgehead atoms. The quantitative estimate of drug-likeness (QED) is 0.455. The molecule has 0 aliphatic heterocycles. The van der Waals surface area contributed by atoms with Crippen LogP contribution >= 0.6 is 0 Å². The maximum Gasteiger partial charge on any atom is 0.243 e. The first-order chi connectivity index (χ1) is 5.31. The maximum atomic E-state index is 10.7. The summed E-state index contributed by atoms with van der Waals surface area (Å²) >= 11 is 0. The molecule has 0 heterocycles. The molecule has 4 nitrogen and oxygen atoms in total. The van der Waals surface area contributed by atoms with E-state index in [2.05, 4.69) is 5.48 Å². The fourth-order valence-electron chi connectivity index (χ4n) is 0.535. The second kappa shape index (κ2) is 7.50. The van der Waals surface area contributed by atoms with E-state index in [1.54, 1.807) is 7.11 Å². The molecule has 0 aliphatic rings. The Morgan fingerprint density at radius 2 is 2.18 bits per heavy atom. The van der Waals surface area contributed by atoms with Gasteiger partial charge in [0.2, 0.25) is 5.91 Å². The van der Waals surface area contributed by atoms with Crippen molar-refractivity contribution in [3.8, 4) is 0 Å². The average Bonchev–Trinajstić information content (AvgIpc) is 1.99. The van der Waals surface area contributed by atoms with E-state index in [4.69, 9.17) is 9.57 Å². The molecule has 0 unspecified atom stereocenters. The third-order valence-electron chi connectivity index (χ3n) is 1.05. The minimum Gasteiger partial charge on any atom is -0.382 e. The molecule has 0 saturated carbocycles. The molecule has 0 fully saturated rings. The third-order valence-corrected chi connectivity index (χ3v) is 1.05. The molecule has 0 aromatic heterocycles. The molecule has 0 rings (SSSR count). The largest absolute Gasteiger partial charge is 0.382 e. The zero-order valence-electron chi connectivity index (χ0n) is 7.05. The third kappa shape index (κ3) is 7.29. The summed E-state index contributed by atoms with van der Waals surface area (Å²) in [6.07, 6.45) is 1.34. The first kappa shape index (κ1) is 10.4. The SMILES string of the molecule is CCCC(=O)NOCCOC. The summed E-state index contributed by atoms with van der Waals surface area (Å²) in [5, 5.41) is 0. The van der Waals surface area contributed by atoms with Crippen molar-refractivity contribution in [2.45, 2.75) is 19.8 Å². The molecular weight excluding hydrogens is 146 g/mol. The Morgan fingerprint density at radius 1 is 1.45 bits per heavy atom. The molecule has 4 heteroatoms. The fraction of sp³-hybridized carbons (Fsp3) is 0.857. The molecule has 0 aliphatic carbocycles. The summed E-state index contributed by atoms with van der Waals surface area (Å²) < 4.78 is 4.71. The van der Waals surface area contributed by atoms with Gasteiger partial charge in [0.1, 0.15) is 0 Å². The number of hydrogen-bond donors (Lipinski definition) is 1. The van der Waals surface area contributed by atoms with Crippen molar-refractivity contribution in [2.24, 2.45) is 0 Å². The predicted octanol–water partition coefficient (Wildman–Crippen LogP) is 0.481. The first-order valence-corrected chi connectivity index (χ1v) is 3.70. The predicted molar refractivity (Wildman–Crippen MR) is 40.9 cm³/mol. The molecule has 0 saturated heterocycles. The number of nitrogens with one attached hydrogen (secondary N) is 1. The van der Waals surface area contributed by atoms with Crippen LogP contribution in [0.15, 0.2) is 0 Å². The second-order valence-corrected chi connectivity index (χ2v) is 2.12. The van der Waals surface area contributed by atoms with E-state index in [9.17, 15) is 4.79 Å². The highest BCUT2D eigenvalue weighted by Gasteiger charge is 1.96. The van der Waals surface area contributed by atoms with Gasteiger partial charge in [-0.15, -0.1) is 0 Å². The van der Waals surface area contributed by atoms with Gasteiger partial charge in [-0.25, -0.2) is 5.48 Å². The van der Waals surface area contributed by atoms with E-state index < -0.39 is 0 Å². The number of rotatable bonds is 6. The van der Waals surface area contributed by atoms with E-state index in [1.807, 2.05) is 6.92 Å².